The zero-order valence-electron chi connectivity index (χ0n) is 9.14. The first-order valence-electron chi connectivity index (χ1n) is 4.98. The second kappa shape index (κ2) is 5.33. The number of nitrogens with zero attached hydrogens (tertiary/aromatic N) is 4. The third-order valence-corrected chi connectivity index (χ3v) is 2.14. The van der Waals surface area contributed by atoms with E-state index in [1.165, 1.54) is 0 Å². The number of oxime groups is 1. The van der Waals surface area contributed by atoms with E-state index in [0.717, 1.165) is 31.0 Å². The molecule has 84 valence electrons. The second-order valence-corrected chi connectivity index (χ2v) is 3.48. The lowest BCUT2D eigenvalue weighted by Gasteiger charge is -2.02. The number of hydrogen-bond donors (Lipinski definition) is 2. The summed E-state index contributed by atoms with van der Waals surface area (Å²) in [6.45, 7) is 4.63. The van der Waals surface area contributed by atoms with Crippen LogP contribution in [0.25, 0.3) is 0 Å². The van der Waals surface area contributed by atoms with E-state index in [9.17, 15) is 0 Å². The zero-order valence-corrected chi connectivity index (χ0v) is 9.14. The molecular formula is C9H17N5O. The maximum Gasteiger partial charge on any atom is 0.147 e. The van der Waals surface area contributed by atoms with Gasteiger partial charge in [0.15, 0.2) is 0 Å². The summed E-state index contributed by atoms with van der Waals surface area (Å²) in [7, 11) is 0. The molecule has 3 N–H and O–H groups in total. The fraction of sp³-hybridized carbons (Fsp3) is 0.667. The summed E-state index contributed by atoms with van der Waals surface area (Å²) in [6.07, 6.45) is 2.44. The predicted octanol–water partition coefficient (Wildman–Crippen LogP) is 0.812. The maximum absolute atomic E-state index is 8.33. The van der Waals surface area contributed by atoms with Crippen LogP contribution in [0.4, 0.5) is 0 Å². The summed E-state index contributed by atoms with van der Waals surface area (Å²) < 4.78 is 1.88. The third kappa shape index (κ3) is 3.57. The molecule has 0 unspecified atom stereocenters. The molecule has 0 aliphatic heterocycles. The maximum atomic E-state index is 8.33. The van der Waals surface area contributed by atoms with Crippen molar-refractivity contribution in [2.45, 2.75) is 39.7 Å². The van der Waals surface area contributed by atoms with Crippen molar-refractivity contribution in [1.82, 2.24) is 14.8 Å². The van der Waals surface area contributed by atoms with Gasteiger partial charge in [0.05, 0.1) is 0 Å². The van der Waals surface area contributed by atoms with Gasteiger partial charge in [0.1, 0.15) is 17.5 Å². The summed E-state index contributed by atoms with van der Waals surface area (Å²) >= 11 is 0. The molecule has 1 heterocycles. The summed E-state index contributed by atoms with van der Waals surface area (Å²) in [5.41, 5.74) is 5.35. The van der Waals surface area contributed by atoms with Crippen LogP contribution in [0.5, 0.6) is 0 Å². The minimum absolute atomic E-state index is 0.279. The Bertz CT molecular complexity index is 344. The van der Waals surface area contributed by atoms with Crippen LogP contribution in [0.3, 0.4) is 0 Å². The molecule has 0 bridgehead atoms. The topological polar surface area (TPSA) is 89.3 Å². The van der Waals surface area contributed by atoms with Gasteiger partial charge in [-0.05, 0) is 26.7 Å². The molecule has 15 heavy (non-hydrogen) atoms. The molecule has 6 heteroatoms. The Kier molecular flexibility index (Phi) is 4.08. The quantitative estimate of drug-likeness (QED) is 0.248. The molecular weight excluding hydrogens is 194 g/mol. The molecule has 0 amide bonds. The van der Waals surface area contributed by atoms with Gasteiger partial charge < -0.3 is 10.9 Å². The first kappa shape index (κ1) is 11.5. The number of rotatable bonds is 5. The van der Waals surface area contributed by atoms with Gasteiger partial charge in [0.25, 0.3) is 0 Å². The molecule has 0 atom stereocenters. The van der Waals surface area contributed by atoms with Crippen molar-refractivity contribution in [3.63, 3.8) is 0 Å². The Balaban J connectivity index is 2.29. The van der Waals surface area contributed by atoms with E-state index < -0.39 is 0 Å². The monoisotopic (exact) mass is 211 g/mol. The van der Waals surface area contributed by atoms with Gasteiger partial charge in [0, 0.05) is 13.0 Å². The fourth-order valence-electron chi connectivity index (χ4n) is 1.39. The van der Waals surface area contributed by atoms with Gasteiger partial charge in [-0.3, -0.25) is 4.68 Å². The van der Waals surface area contributed by atoms with Crippen molar-refractivity contribution < 1.29 is 5.21 Å². The Hall–Kier alpha value is -1.59. The van der Waals surface area contributed by atoms with Crippen LogP contribution in [0.2, 0.25) is 0 Å². The highest BCUT2D eigenvalue weighted by atomic mass is 16.4. The van der Waals surface area contributed by atoms with Crippen LogP contribution < -0.4 is 5.73 Å². The fourth-order valence-corrected chi connectivity index (χ4v) is 1.39. The minimum atomic E-state index is 0.279. The number of amidine groups is 1. The lowest BCUT2D eigenvalue weighted by molar-refractivity contribution is 0.316. The van der Waals surface area contributed by atoms with Gasteiger partial charge in [0.2, 0.25) is 0 Å². The van der Waals surface area contributed by atoms with Crippen LogP contribution in [-0.2, 0) is 6.54 Å². The summed E-state index contributed by atoms with van der Waals surface area (Å²) in [6, 6.07) is 0. The van der Waals surface area contributed by atoms with Crippen molar-refractivity contribution >= 4 is 5.84 Å². The molecule has 0 saturated carbocycles. The van der Waals surface area contributed by atoms with Crippen molar-refractivity contribution in [1.29, 1.82) is 0 Å². The highest BCUT2D eigenvalue weighted by Crippen LogP contribution is 2.01. The molecule has 1 aromatic heterocycles. The number of aryl methyl sites for hydroxylation is 3. The van der Waals surface area contributed by atoms with Crippen molar-refractivity contribution in [3.05, 3.63) is 11.6 Å². The molecule has 1 aromatic rings. The number of nitrogens with two attached hydrogens (primary N) is 1. The molecule has 0 aliphatic rings. The number of hydrogen-bond acceptors (Lipinski definition) is 4. The van der Waals surface area contributed by atoms with Crippen LogP contribution in [0.15, 0.2) is 5.16 Å². The van der Waals surface area contributed by atoms with E-state index in [4.69, 9.17) is 10.9 Å². The van der Waals surface area contributed by atoms with E-state index in [2.05, 4.69) is 15.2 Å². The van der Waals surface area contributed by atoms with E-state index >= 15 is 0 Å². The average Bonchev–Trinajstić information content (AvgIpc) is 2.52. The molecule has 0 radical (unpaired) electrons. The van der Waals surface area contributed by atoms with E-state index in [1.807, 2.05) is 18.5 Å². The highest BCUT2D eigenvalue weighted by molar-refractivity contribution is 5.79. The second-order valence-electron chi connectivity index (χ2n) is 3.48. The first-order valence-corrected chi connectivity index (χ1v) is 4.98. The van der Waals surface area contributed by atoms with Gasteiger partial charge in [-0.15, -0.1) is 0 Å². The van der Waals surface area contributed by atoms with Gasteiger partial charge in [-0.2, -0.15) is 5.10 Å². The number of unbranched alkanes of at least 4 members (excludes halogenated alkanes) is 1. The van der Waals surface area contributed by atoms with Crippen molar-refractivity contribution in [3.8, 4) is 0 Å². The van der Waals surface area contributed by atoms with Crippen LogP contribution in [0.1, 0.15) is 30.9 Å². The van der Waals surface area contributed by atoms with Crippen LogP contribution >= 0.6 is 0 Å². The Morgan fingerprint density at radius 1 is 1.47 bits per heavy atom. The summed E-state index contributed by atoms with van der Waals surface area (Å²) in [5.74, 6) is 2.00. The van der Waals surface area contributed by atoms with Crippen LogP contribution in [-0.4, -0.2) is 25.8 Å². The SMILES string of the molecule is Cc1nc(C)n(CCCCC(N)=NO)n1. The van der Waals surface area contributed by atoms with Gasteiger partial charge in [-0.1, -0.05) is 5.16 Å². The third-order valence-electron chi connectivity index (χ3n) is 2.14. The predicted molar refractivity (Wildman–Crippen MR) is 56.8 cm³/mol. The van der Waals surface area contributed by atoms with Crippen molar-refractivity contribution in [2.75, 3.05) is 0 Å². The Morgan fingerprint density at radius 3 is 2.73 bits per heavy atom. The minimum Gasteiger partial charge on any atom is -0.409 e. The molecule has 0 aliphatic carbocycles. The van der Waals surface area contributed by atoms with Crippen molar-refractivity contribution in [2.24, 2.45) is 10.9 Å². The smallest absolute Gasteiger partial charge is 0.147 e. The normalized spacial score (nSPS) is 12.0. The Morgan fingerprint density at radius 2 is 2.20 bits per heavy atom. The average molecular weight is 211 g/mol. The summed E-state index contributed by atoms with van der Waals surface area (Å²) in [5, 5.41) is 15.5. The van der Waals surface area contributed by atoms with Crippen LogP contribution in [0, 0.1) is 13.8 Å². The van der Waals surface area contributed by atoms with Gasteiger partial charge >= 0.3 is 0 Å². The molecule has 1 rings (SSSR count). The first-order chi connectivity index (χ1) is 7.13. The lowest BCUT2D eigenvalue weighted by Crippen LogP contribution is -2.11. The standard InChI is InChI=1S/C9H17N5O/c1-7-11-8(2)14(12-7)6-4-3-5-9(10)13-15/h15H,3-6H2,1-2H3,(H2,10,13). The lowest BCUT2D eigenvalue weighted by atomic mass is 10.2. The van der Waals surface area contributed by atoms with Gasteiger partial charge in [-0.25, -0.2) is 4.98 Å². The zero-order chi connectivity index (χ0) is 11.3. The largest absolute Gasteiger partial charge is 0.409 e. The summed E-state index contributed by atoms with van der Waals surface area (Å²) in [4.78, 5) is 4.20. The number of aromatic nitrogens is 3. The molecule has 6 nitrogen and oxygen atoms in total. The van der Waals surface area contributed by atoms with E-state index in [0.29, 0.717) is 6.42 Å². The molecule has 0 fully saturated rings. The Labute approximate surface area is 88.8 Å². The highest BCUT2D eigenvalue weighted by Gasteiger charge is 2.01. The molecule has 0 spiro atoms. The van der Waals surface area contributed by atoms with E-state index in [1.54, 1.807) is 0 Å². The van der Waals surface area contributed by atoms with E-state index in [-0.39, 0.29) is 5.84 Å². The molecule has 0 saturated heterocycles. The molecule has 0 aromatic carbocycles.